The lowest BCUT2D eigenvalue weighted by atomic mass is 10.1. The summed E-state index contributed by atoms with van der Waals surface area (Å²) in [5, 5.41) is 7.01. The molecule has 6 nitrogen and oxygen atoms in total. The third-order valence-corrected chi connectivity index (χ3v) is 5.84. The van der Waals surface area contributed by atoms with E-state index in [9.17, 15) is 13.0 Å². The number of halogens is 2. The minimum Gasteiger partial charge on any atom is -0.415 e. The van der Waals surface area contributed by atoms with E-state index in [2.05, 4.69) is 15.1 Å². The predicted octanol–water partition coefficient (Wildman–Crippen LogP) is 4.30. The zero-order chi connectivity index (χ0) is 21.5. The summed E-state index contributed by atoms with van der Waals surface area (Å²) in [7, 11) is 2.80. The van der Waals surface area contributed by atoms with Crippen molar-refractivity contribution in [1.82, 2.24) is 15.1 Å². The summed E-state index contributed by atoms with van der Waals surface area (Å²) in [6.07, 6.45) is -1.97. The lowest BCUT2D eigenvalue weighted by Gasteiger charge is -2.24. The molecule has 1 aromatic heterocycles. The maximum absolute atomic E-state index is 13.0. The molecule has 0 aliphatic heterocycles. The first kappa shape index (κ1) is 22.0. The lowest BCUT2D eigenvalue weighted by Crippen LogP contribution is -2.28. The van der Waals surface area contributed by atoms with Crippen molar-refractivity contribution in [3.8, 4) is 11.5 Å². The SMILES string of the molecule is CN(C)CCCS(=O)N(Cc1ccc(-c2nnc(C(F)F)o2)cc1)c1ccccc1. The van der Waals surface area contributed by atoms with Crippen LogP contribution < -0.4 is 4.31 Å². The summed E-state index contributed by atoms with van der Waals surface area (Å²) in [4.78, 5) is 2.07. The summed E-state index contributed by atoms with van der Waals surface area (Å²) in [6.45, 7) is 1.32. The van der Waals surface area contributed by atoms with Gasteiger partial charge in [-0.05, 0) is 56.9 Å². The van der Waals surface area contributed by atoms with Crippen molar-refractivity contribution < 1.29 is 17.4 Å². The van der Waals surface area contributed by atoms with Crippen molar-refractivity contribution in [3.63, 3.8) is 0 Å². The van der Waals surface area contributed by atoms with E-state index in [1.165, 1.54) is 0 Å². The highest BCUT2D eigenvalue weighted by atomic mass is 32.2. The van der Waals surface area contributed by atoms with Crippen LogP contribution in [0.4, 0.5) is 14.5 Å². The van der Waals surface area contributed by atoms with Crippen molar-refractivity contribution in [3.05, 3.63) is 66.1 Å². The molecule has 0 amide bonds. The van der Waals surface area contributed by atoms with Gasteiger partial charge in [0.2, 0.25) is 5.89 Å². The van der Waals surface area contributed by atoms with Gasteiger partial charge >= 0.3 is 6.43 Å². The second-order valence-electron chi connectivity index (χ2n) is 7.00. The highest BCUT2D eigenvalue weighted by molar-refractivity contribution is 7.86. The van der Waals surface area contributed by atoms with Gasteiger partial charge in [0, 0.05) is 17.0 Å². The van der Waals surface area contributed by atoms with Gasteiger partial charge in [0.15, 0.2) is 0 Å². The monoisotopic (exact) mass is 434 g/mol. The van der Waals surface area contributed by atoms with Crippen LogP contribution in [0.5, 0.6) is 0 Å². The quantitative estimate of drug-likeness (QED) is 0.476. The predicted molar refractivity (Wildman–Crippen MR) is 113 cm³/mol. The topological polar surface area (TPSA) is 62.5 Å². The van der Waals surface area contributed by atoms with Gasteiger partial charge in [-0.25, -0.2) is 4.21 Å². The van der Waals surface area contributed by atoms with Crippen LogP contribution in [-0.4, -0.2) is 45.7 Å². The highest BCUT2D eigenvalue weighted by Gasteiger charge is 2.18. The second kappa shape index (κ2) is 10.4. The number of alkyl halides is 2. The van der Waals surface area contributed by atoms with Gasteiger partial charge in [0.25, 0.3) is 5.89 Å². The molecule has 9 heteroatoms. The maximum atomic E-state index is 13.0. The summed E-state index contributed by atoms with van der Waals surface area (Å²) in [5.74, 6) is -0.0923. The molecule has 2 aromatic carbocycles. The van der Waals surface area contributed by atoms with Crippen molar-refractivity contribution in [1.29, 1.82) is 0 Å². The Morgan fingerprint density at radius 3 is 2.33 bits per heavy atom. The maximum Gasteiger partial charge on any atom is 0.314 e. The minimum absolute atomic E-state index is 0.0454. The van der Waals surface area contributed by atoms with Crippen molar-refractivity contribution in [2.45, 2.75) is 19.4 Å². The van der Waals surface area contributed by atoms with Crippen molar-refractivity contribution >= 4 is 16.7 Å². The number of para-hydroxylation sites is 1. The Labute approximate surface area is 177 Å². The number of anilines is 1. The van der Waals surface area contributed by atoms with Crippen LogP contribution in [-0.2, 0) is 17.5 Å². The van der Waals surface area contributed by atoms with Gasteiger partial charge in [-0.1, -0.05) is 30.3 Å². The van der Waals surface area contributed by atoms with E-state index < -0.39 is 23.3 Å². The average Bonchev–Trinajstić information content (AvgIpc) is 3.23. The number of hydrogen-bond acceptors (Lipinski definition) is 5. The van der Waals surface area contributed by atoms with Gasteiger partial charge in [-0.2, -0.15) is 8.78 Å². The first-order chi connectivity index (χ1) is 14.4. The number of benzene rings is 2. The Morgan fingerprint density at radius 1 is 1.03 bits per heavy atom. The second-order valence-corrected chi connectivity index (χ2v) is 8.49. The summed E-state index contributed by atoms with van der Waals surface area (Å²) >= 11 is 0. The zero-order valence-electron chi connectivity index (χ0n) is 16.9. The fourth-order valence-electron chi connectivity index (χ4n) is 2.85. The van der Waals surface area contributed by atoms with Crippen LogP contribution in [0.2, 0.25) is 0 Å². The third kappa shape index (κ3) is 5.93. The van der Waals surface area contributed by atoms with Crippen molar-refractivity contribution in [2.24, 2.45) is 0 Å². The van der Waals surface area contributed by atoms with E-state index in [0.29, 0.717) is 17.9 Å². The molecule has 3 rings (SSSR count). The highest BCUT2D eigenvalue weighted by Crippen LogP contribution is 2.25. The standard InChI is InChI=1S/C21H24F2N4O2S/c1-26(2)13-6-14-30(28)27(18-7-4-3-5-8-18)15-16-9-11-17(12-10-16)20-24-25-21(29-20)19(22)23/h3-5,7-12,19H,6,13-15H2,1-2H3. The number of nitrogens with zero attached hydrogens (tertiary/aromatic N) is 4. The number of rotatable bonds is 10. The molecule has 0 aliphatic carbocycles. The Kier molecular flexibility index (Phi) is 7.64. The molecule has 1 atom stereocenters. The van der Waals surface area contributed by atoms with E-state index >= 15 is 0 Å². The summed E-state index contributed by atoms with van der Waals surface area (Å²) in [5.41, 5.74) is 2.36. The van der Waals surface area contributed by atoms with Crippen LogP contribution in [0.15, 0.2) is 59.0 Å². The molecule has 30 heavy (non-hydrogen) atoms. The Hall–Kier alpha value is -2.65. The fraction of sp³-hybridized carbons (Fsp3) is 0.333. The molecule has 1 unspecified atom stereocenters. The molecule has 160 valence electrons. The molecule has 1 heterocycles. The van der Waals surface area contributed by atoms with E-state index in [-0.39, 0.29) is 5.89 Å². The minimum atomic E-state index is -2.80. The van der Waals surface area contributed by atoms with Gasteiger partial charge in [0.05, 0.1) is 6.54 Å². The zero-order valence-corrected chi connectivity index (χ0v) is 17.7. The van der Waals surface area contributed by atoms with Crippen LogP contribution in [0.25, 0.3) is 11.5 Å². The summed E-state index contributed by atoms with van der Waals surface area (Å²) in [6, 6.07) is 16.8. The third-order valence-electron chi connectivity index (χ3n) is 4.37. The molecule has 0 bridgehead atoms. The van der Waals surface area contributed by atoms with Crippen LogP contribution >= 0.6 is 0 Å². The fourth-order valence-corrected chi connectivity index (χ4v) is 4.09. The van der Waals surface area contributed by atoms with E-state index in [4.69, 9.17) is 4.42 Å². The Bertz CT molecular complexity index is 949. The first-order valence-electron chi connectivity index (χ1n) is 9.50. The molecule has 0 fully saturated rings. The average molecular weight is 435 g/mol. The number of aromatic nitrogens is 2. The van der Waals surface area contributed by atoms with Crippen LogP contribution in [0.3, 0.4) is 0 Å². The molecule has 0 radical (unpaired) electrons. The molecular weight excluding hydrogens is 410 g/mol. The first-order valence-corrected chi connectivity index (χ1v) is 10.8. The van der Waals surface area contributed by atoms with Gasteiger partial charge in [-0.15, -0.1) is 10.2 Å². The molecule has 0 N–H and O–H groups in total. The van der Waals surface area contributed by atoms with E-state index in [1.54, 1.807) is 12.1 Å². The van der Waals surface area contributed by atoms with Gasteiger partial charge < -0.3 is 9.32 Å². The van der Waals surface area contributed by atoms with Gasteiger partial charge in [0.1, 0.15) is 11.0 Å². The normalized spacial score (nSPS) is 12.5. The molecule has 0 spiro atoms. The Morgan fingerprint density at radius 2 is 1.73 bits per heavy atom. The molecule has 0 saturated heterocycles. The van der Waals surface area contributed by atoms with E-state index in [0.717, 1.165) is 24.2 Å². The summed E-state index contributed by atoms with van der Waals surface area (Å²) < 4.78 is 45.1. The van der Waals surface area contributed by atoms with E-state index in [1.807, 2.05) is 60.9 Å². The van der Waals surface area contributed by atoms with Crippen LogP contribution in [0, 0.1) is 0 Å². The molecule has 0 aliphatic rings. The Balaban J connectivity index is 1.74. The molecule has 0 saturated carbocycles. The lowest BCUT2D eigenvalue weighted by molar-refractivity contribution is 0.116. The molecular formula is C21H24F2N4O2S. The van der Waals surface area contributed by atoms with Crippen molar-refractivity contribution in [2.75, 3.05) is 30.7 Å². The van der Waals surface area contributed by atoms with Crippen LogP contribution in [0.1, 0.15) is 24.3 Å². The van der Waals surface area contributed by atoms with Gasteiger partial charge in [-0.3, -0.25) is 4.31 Å². The smallest absolute Gasteiger partial charge is 0.314 e. The largest absolute Gasteiger partial charge is 0.415 e. The number of hydrogen-bond donors (Lipinski definition) is 0. The molecule has 3 aromatic rings.